The zero-order valence-corrected chi connectivity index (χ0v) is 17.3. The molecular formula is C19H14ClF3N2O2S2. The van der Waals surface area contributed by atoms with E-state index in [2.05, 4.69) is 9.71 Å². The van der Waals surface area contributed by atoms with E-state index in [1.807, 2.05) is 6.92 Å². The highest BCUT2D eigenvalue weighted by Gasteiger charge is 2.31. The number of hydrogen-bond acceptors (Lipinski definition) is 4. The largest absolute Gasteiger partial charge is 0.417 e. The first-order valence-electron chi connectivity index (χ1n) is 8.15. The summed E-state index contributed by atoms with van der Waals surface area (Å²) in [4.78, 5) is 4.55. The lowest BCUT2D eigenvalue weighted by Gasteiger charge is -2.10. The SMILES string of the molecule is Cc1ccc(S(=O)(=O)Nc2ccc(Sc3ncc(C(F)(F)F)cc3Cl)cc2)cc1. The van der Waals surface area contributed by atoms with Crippen LogP contribution in [0, 0.1) is 6.92 Å². The Labute approximate surface area is 175 Å². The molecule has 0 unspecified atom stereocenters. The molecule has 0 radical (unpaired) electrons. The Bertz CT molecular complexity index is 1120. The molecule has 0 bridgehead atoms. The van der Waals surface area contributed by atoms with E-state index >= 15 is 0 Å². The number of aromatic nitrogens is 1. The van der Waals surface area contributed by atoms with Crippen molar-refractivity contribution in [3.8, 4) is 0 Å². The minimum atomic E-state index is -4.52. The third-order valence-electron chi connectivity index (χ3n) is 3.79. The van der Waals surface area contributed by atoms with Gasteiger partial charge in [0.1, 0.15) is 5.03 Å². The summed E-state index contributed by atoms with van der Waals surface area (Å²) in [6, 6.07) is 13.6. The number of benzene rings is 2. The minimum absolute atomic E-state index is 0.117. The Balaban J connectivity index is 1.73. The number of hydrogen-bond donors (Lipinski definition) is 1. The fraction of sp³-hybridized carbons (Fsp3) is 0.105. The molecule has 1 aromatic heterocycles. The van der Waals surface area contributed by atoms with Crippen LogP contribution in [0.4, 0.5) is 18.9 Å². The molecule has 2 aromatic carbocycles. The van der Waals surface area contributed by atoms with Gasteiger partial charge in [0.2, 0.25) is 0 Å². The van der Waals surface area contributed by atoms with E-state index in [-0.39, 0.29) is 14.9 Å². The van der Waals surface area contributed by atoms with E-state index in [4.69, 9.17) is 11.6 Å². The molecule has 0 amide bonds. The normalized spacial score (nSPS) is 12.0. The van der Waals surface area contributed by atoms with E-state index < -0.39 is 21.8 Å². The molecule has 0 aliphatic carbocycles. The van der Waals surface area contributed by atoms with Crippen LogP contribution in [0.15, 0.2) is 75.6 Å². The van der Waals surface area contributed by atoms with Crippen LogP contribution < -0.4 is 4.72 Å². The summed E-state index contributed by atoms with van der Waals surface area (Å²) in [6.45, 7) is 1.86. The van der Waals surface area contributed by atoms with Crippen molar-refractivity contribution in [2.24, 2.45) is 0 Å². The number of rotatable bonds is 5. The molecule has 10 heteroatoms. The second-order valence-corrected chi connectivity index (χ2v) is 9.21. The summed E-state index contributed by atoms with van der Waals surface area (Å²) in [5.74, 6) is 0. The second-order valence-electron chi connectivity index (χ2n) is 6.05. The van der Waals surface area contributed by atoms with Gasteiger partial charge in [0.25, 0.3) is 10.0 Å². The molecular weight excluding hydrogens is 445 g/mol. The van der Waals surface area contributed by atoms with Crippen molar-refractivity contribution >= 4 is 39.1 Å². The van der Waals surface area contributed by atoms with Crippen LogP contribution >= 0.6 is 23.4 Å². The van der Waals surface area contributed by atoms with Crippen LogP contribution in [0.5, 0.6) is 0 Å². The predicted molar refractivity (Wildman–Crippen MR) is 107 cm³/mol. The van der Waals surface area contributed by atoms with Gasteiger partial charge in [-0.25, -0.2) is 13.4 Å². The number of sulfonamides is 1. The zero-order chi connectivity index (χ0) is 21.2. The molecule has 29 heavy (non-hydrogen) atoms. The molecule has 3 rings (SSSR count). The topological polar surface area (TPSA) is 59.1 Å². The Morgan fingerprint density at radius 1 is 1.03 bits per heavy atom. The lowest BCUT2D eigenvalue weighted by Crippen LogP contribution is -2.12. The molecule has 0 atom stereocenters. The Hall–Kier alpha value is -2.23. The highest BCUT2D eigenvalue weighted by Crippen LogP contribution is 2.36. The van der Waals surface area contributed by atoms with Crippen molar-refractivity contribution in [1.82, 2.24) is 4.98 Å². The standard InChI is InChI=1S/C19H14ClF3N2O2S2/c1-12-2-8-16(9-3-12)29(26,27)25-14-4-6-15(7-5-14)28-18-17(20)10-13(11-24-18)19(21,22)23/h2-11,25H,1H3. The minimum Gasteiger partial charge on any atom is -0.280 e. The monoisotopic (exact) mass is 458 g/mol. The van der Waals surface area contributed by atoms with Gasteiger partial charge in [0.15, 0.2) is 0 Å². The van der Waals surface area contributed by atoms with Gasteiger partial charge >= 0.3 is 6.18 Å². The molecule has 0 aliphatic heterocycles. The lowest BCUT2D eigenvalue weighted by atomic mass is 10.2. The van der Waals surface area contributed by atoms with Crippen molar-refractivity contribution in [2.75, 3.05) is 4.72 Å². The van der Waals surface area contributed by atoms with E-state index in [1.54, 1.807) is 36.4 Å². The number of nitrogens with zero attached hydrogens (tertiary/aromatic N) is 1. The van der Waals surface area contributed by atoms with Gasteiger partial charge < -0.3 is 0 Å². The van der Waals surface area contributed by atoms with E-state index in [1.165, 1.54) is 12.1 Å². The van der Waals surface area contributed by atoms with Gasteiger partial charge in [0.05, 0.1) is 15.5 Å². The number of nitrogens with one attached hydrogen (secondary N) is 1. The first-order chi connectivity index (χ1) is 13.5. The van der Waals surface area contributed by atoms with Crippen LogP contribution in [0.25, 0.3) is 0 Å². The quantitative estimate of drug-likeness (QED) is 0.508. The summed E-state index contributed by atoms with van der Waals surface area (Å²) in [5.41, 5.74) is 0.370. The van der Waals surface area contributed by atoms with Crippen LogP contribution in [-0.2, 0) is 16.2 Å². The van der Waals surface area contributed by atoms with Gasteiger partial charge in [-0.3, -0.25) is 4.72 Å². The second kappa shape index (κ2) is 8.25. The maximum Gasteiger partial charge on any atom is 0.417 e. The van der Waals surface area contributed by atoms with Gasteiger partial charge in [-0.15, -0.1) is 0 Å². The summed E-state index contributed by atoms with van der Waals surface area (Å²) >= 11 is 6.98. The molecule has 0 saturated carbocycles. The lowest BCUT2D eigenvalue weighted by molar-refractivity contribution is -0.137. The fourth-order valence-corrected chi connectivity index (χ4v) is 4.39. The molecule has 4 nitrogen and oxygen atoms in total. The predicted octanol–water partition coefficient (Wildman–Crippen LogP) is 6.01. The van der Waals surface area contributed by atoms with Crippen molar-refractivity contribution < 1.29 is 21.6 Å². The third-order valence-corrected chi connectivity index (χ3v) is 6.61. The molecule has 1 heterocycles. The number of anilines is 1. The number of alkyl halides is 3. The molecule has 0 aliphatic rings. The van der Waals surface area contributed by atoms with Crippen molar-refractivity contribution in [3.63, 3.8) is 0 Å². The summed E-state index contributed by atoms with van der Waals surface area (Å²) < 4.78 is 65.4. The van der Waals surface area contributed by atoms with Gasteiger partial charge in [-0.05, 0) is 49.4 Å². The molecule has 1 N–H and O–H groups in total. The molecule has 0 spiro atoms. The Morgan fingerprint density at radius 2 is 1.66 bits per heavy atom. The summed E-state index contributed by atoms with van der Waals surface area (Å²) in [5, 5.41) is 0.0987. The number of aryl methyl sites for hydroxylation is 1. The van der Waals surface area contributed by atoms with E-state index in [9.17, 15) is 21.6 Å². The van der Waals surface area contributed by atoms with Gasteiger partial charge in [-0.1, -0.05) is 41.1 Å². The first kappa shape index (κ1) is 21.5. The third kappa shape index (κ3) is 5.43. The zero-order valence-electron chi connectivity index (χ0n) is 14.9. The number of pyridine rings is 1. The van der Waals surface area contributed by atoms with Crippen molar-refractivity contribution in [3.05, 3.63) is 76.9 Å². The van der Waals surface area contributed by atoms with Crippen LogP contribution in [0.1, 0.15) is 11.1 Å². The van der Waals surface area contributed by atoms with Crippen LogP contribution in [-0.4, -0.2) is 13.4 Å². The molecule has 0 fully saturated rings. The number of halogens is 4. The Morgan fingerprint density at radius 3 is 2.21 bits per heavy atom. The smallest absolute Gasteiger partial charge is 0.280 e. The Kier molecular flexibility index (Phi) is 6.11. The van der Waals surface area contributed by atoms with Gasteiger partial charge in [0, 0.05) is 16.8 Å². The summed E-state index contributed by atoms with van der Waals surface area (Å²) in [6.07, 6.45) is -3.80. The average molecular weight is 459 g/mol. The highest BCUT2D eigenvalue weighted by molar-refractivity contribution is 7.99. The average Bonchev–Trinajstić information content (AvgIpc) is 2.64. The maximum absolute atomic E-state index is 12.7. The summed E-state index contributed by atoms with van der Waals surface area (Å²) in [7, 11) is -3.72. The fourth-order valence-electron chi connectivity index (χ4n) is 2.29. The first-order valence-corrected chi connectivity index (χ1v) is 10.8. The van der Waals surface area contributed by atoms with Crippen molar-refractivity contribution in [2.45, 2.75) is 27.9 Å². The van der Waals surface area contributed by atoms with E-state index in [0.29, 0.717) is 10.6 Å². The van der Waals surface area contributed by atoms with Gasteiger partial charge in [-0.2, -0.15) is 13.2 Å². The van der Waals surface area contributed by atoms with Crippen molar-refractivity contribution in [1.29, 1.82) is 0 Å². The molecule has 0 saturated heterocycles. The highest BCUT2D eigenvalue weighted by atomic mass is 35.5. The maximum atomic E-state index is 12.7. The van der Waals surface area contributed by atoms with E-state index in [0.717, 1.165) is 29.6 Å². The molecule has 152 valence electrons. The van der Waals surface area contributed by atoms with Crippen LogP contribution in [0.2, 0.25) is 5.02 Å². The molecule has 3 aromatic rings. The van der Waals surface area contributed by atoms with Crippen LogP contribution in [0.3, 0.4) is 0 Å².